The van der Waals surface area contributed by atoms with Gasteiger partial charge in [0.05, 0.1) is 33.3 Å². The minimum atomic E-state index is -8.99. The summed E-state index contributed by atoms with van der Waals surface area (Å²) in [4.78, 5) is 10.5. The van der Waals surface area contributed by atoms with Gasteiger partial charge in [-0.1, -0.05) is 0 Å². The molecule has 0 aromatic carbocycles. The van der Waals surface area contributed by atoms with Crippen LogP contribution in [0.4, 0.5) is 83.4 Å². The fraction of sp³-hybridized carbons (Fsp3) is 0.950. The van der Waals surface area contributed by atoms with Crippen molar-refractivity contribution in [2.75, 3.05) is 40.3 Å². The Kier molecular flexibility index (Phi) is 12.1. The third kappa shape index (κ3) is 7.52. The molecule has 0 aromatic heterocycles. The highest BCUT2D eigenvalue weighted by Crippen LogP contribution is 2.65. The first kappa shape index (κ1) is 42.0. The standard InChI is InChI=1S/C20H23F19N2O3/c1-41(2,7-4-11(43)44)6-3-5-40-9-10(42)8-12(21,22)13(23,24)14(25,26)15(27,28)16(29,30)17(31,32)18(33,34)19(35,36)20(37,38)39/h10,40,42H,3-9H2,1-2H3. The lowest BCUT2D eigenvalue weighted by Crippen LogP contribution is -2.75. The minimum absolute atomic E-state index is 0.0231. The van der Waals surface area contributed by atoms with E-state index in [2.05, 4.69) is 5.32 Å². The number of rotatable bonds is 18. The first-order valence-electron chi connectivity index (χ1n) is 11.5. The molecule has 0 fully saturated rings. The van der Waals surface area contributed by atoms with E-state index in [9.17, 15) is 98.4 Å². The van der Waals surface area contributed by atoms with Crippen LogP contribution in [0.2, 0.25) is 0 Å². The van der Waals surface area contributed by atoms with Crippen LogP contribution in [-0.4, -0.2) is 115 Å². The molecule has 0 radical (unpaired) electrons. The predicted octanol–water partition coefficient (Wildman–Crippen LogP) is 4.58. The summed E-state index contributed by atoms with van der Waals surface area (Å²) in [7, 11) is 3.03. The Balaban J connectivity index is 5.94. The highest BCUT2D eigenvalue weighted by atomic mass is 19.4. The largest absolute Gasteiger partial charge is 0.550 e. The zero-order chi connectivity index (χ0) is 35.8. The molecule has 44 heavy (non-hydrogen) atoms. The lowest BCUT2D eigenvalue weighted by Gasteiger charge is -2.44. The van der Waals surface area contributed by atoms with Crippen LogP contribution in [0, 0.1) is 0 Å². The van der Waals surface area contributed by atoms with Crippen LogP contribution in [0.5, 0.6) is 0 Å². The monoisotopic (exact) mass is 700 g/mol. The van der Waals surface area contributed by atoms with Gasteiger partial charge in [-0.15, -0.1) is 0 Å². The first-order valence-corrected chi connectivity index (χ1v) is 11.5. The van der Waals surface area contributed by atoms with E-state index in [-0.39, 0.29) is 30.5 Å². The highest BCUT2D eigenvalue weighted by molar-refractivity contribution is 5.64. The molecule has 2 N–H and O–H groups in total. The number of hydrogen-bond acceptors (Lipinski definition) is 4. The molecular formula is C20H23F19N2O3. The van der Waals surface area contributed by atoms with Gasteiger partial charge < -0.3 is 24.8 Å². The molecule has 5 nitrogen and oxygen atoms in total. The van der Waals surface area contributed by atoms with Gasteiger partial charge in [-0.25, -0.2) is 0 Å². The highest BCUT2D eigenvalue weighted by Gasteiger charge is 2.96. The van der Waals surface area contributed by atoms with Gasteiger partial charge >= 0.3 is 53.6 Å². The van der Waals surface area contributed by atoms with Crippen LogP contribution < -0.4 is 10.4 Å². The van der Waals surface area contributed by atoms with Crippen molar-refractivity contribution in [1.29, 1.82) is 0 Å². The van der Waals surface area contributed by atoms with Crippen molar-refractivity contribution in [3.8, 4) is 0 Å². The number of halogens is 19. The van der Waals surface area contributed by atoms with E-state index in [1.54, 1.807) is 0 Å². The fourth-order valence-electron chi connectivity index (χ4n) is 3.30. The van der Waals surface area contributed by atoms with Gasteiger partial charge in [0.25, 0.3) is 0 Å². The molecule has 1 atom stereocenters. The second kappa shape index (κ2) is 12.7. The molecule has 0 saturated heterocycles. The van der Waals surface area contributed by atoms with Crippen LogP contribution in [0.3, 0.4) is 0 Å². The van der Waals surface area contributed by atoms with Gasteiger partial charge in [0.1, 0.15) is 0 Å². The number of carbonyl (C=O) groups is 1. The van der Waals surface area contributed by atoms with E-state index < -0.39 is 85.0 Å². The van der Waals surface area contributed by atoms with Gasteiger partial charge in [0.15, 0.2) is 0 Å². The van der Waals surface area contributed by atoms with E-state index in [1.165, 1.54) is 14.1 Å². The second-order valence-corrected chi connectivity index (χ2v) is 10.1. The van der Waals surface area contributed by atoms with Crippen molar-refractivity contribution in [3.63, 3.8) is 0 Å². The Morgan fingerprint density at radius 1 is 0.659 bits per heavy atom. The summed E-state index contributed by atoms with van der Waals surface area (Å²) >= 11 is 0. The number of carboxylic acids is 1. The molecule has 0 aliphatic carbocycles. The number of carboxylic acid groups (broad SMARTS) is 1. The SMILES string of the molecule is C[N+](C)(CCCNCC(O)CC(F)(F)C(F)(F)C(F)(F)C(F)(F)C(F)(F)C(F)(F)C(F)(F)C(F)(F)C(F)(F)F)CCC(=O)[O-]. The van der Waals surface area contributed by atoms with Crippen LogP contribution in [0.15, 0.2) is 0 Å². The average Bonchev–Trinajstić information content (AvgIpc) is 2.80. The lowest BCUT2D eigenvalue weighted by molar-refractivity contribution is -0.890. The zero-order valence-corrected chi connectivity index (χ0v) is 21.9. The van der Waals surface area contributed by atoms with E-state index >= 15 is 0 Å². The van der Waals surface area contributed by atoms with Crippen molar-refractivity contribution < 1.29 is 103 Å². The molecule has 0 heterocycles. The van der Waals surface area contributed by atoms with Gasteiger partial charge in [0, 0.05) is 38.3 Å². The molecule has 1 unspecified atom stereocenters. The summed E-state index contributed by atoms with van der Waals surface area (Å²) in [6.07, 6.45) is -14.3. The number of aliphatic hydroxyl groups is 1. The Morgan fingerprint density at radius 2 is 1.02 bits per heavy atom. The van der Waals surface area contributed by atoms with Gasteiger partial charge in [-0.3, -0.25) is 0 Å². The second-order valence-electron chi connectivity index (χ2n) is 10.1. The number of hydrogen-bond donors (Lipinski definition) is 2. The van der Waals surface area contributed by atoms with Gasteiger partial charge in [-0.05, 0) is 0 Å². The quantitative estimate of drug-likeness (QED) is 0.125. The van der Waals surface area contributed by atoms with E-state index in [0.29, 0.717) is 0 Å². The van der Waals surface area contributed by atoms with E-state index in [0.717, 1.165) is 0 Å². The summed E-state index contributed by atoms with van der Waals surface area (Å²) in [6.45, 7) is -1.37. The van der Waals surface area contributed by atoms with Crippen LogP contribution in [0.1, 0.15) is 19.3 Å². The predicted molar refractivity (Wildman–Crippen MR) is 105 cm³/mol. The molecule has 0 amide bonds. The number of nitrogens with one attached hydrogen (secondary N) is 1. The Bertz CT molecular complexity index is 982. The molecule has 0 aliphatic heterocycles. The normalized spacial score (nSPS) is 16.3. The topological polar surface area (TPSA) is 72.4 Å². The fourth-order valence-corrected chi connectivity index (χ4v) is 3.30. The zero-order valence-electron chi connectivity index (χ0n) is 21.9. The van der Waals surface area contributed by atoms with Gasteiger partial charge in [0.2, 0.25) is 0 Å². The summed E-state index contributed by atoms with van der Waals surface area (Å²) < 4.78 is 254. The summed E-state index contributed by atoms with van der Waals surface area (Å²) in [5.74, 6) is -68.7. The number of carbonyl (C=O) groups excluding carboxylic acids is 1. The minimum Gasteiger partial charge on any atom is -0.550 e. The maximum absolute atomic E-state index is 14.0. The van der Waals surface area contributed by atoms with Crippen LogP contribution >= 0.6 is 0 Å². The lowest BCUT2D eigenvalue weighted by atomic mass is 9.86. The molecule has 0 bridgehead atoms. The molecule has 24 heteroatoms. The summed E-state index contributed by atoms with van der Waals surface area (Å²) in [5.41, 5.74) is 0. The molecule has 0 aliphatic rings. The summed E-state index contributed by atoms with van der Waals surface area (Å²) in [5, 5.41) is 22.0. The number of aliphatic hydroxyl groups excluding tert-OH is 1. The van der Waals surface area contributed by atoms with E-state index in [1.807, 2.05) is 0 Å². The van der Waals surface area contributed by atoms with Crippen molar-refractivity contribution in [3.05, 3.63) is 0 Å². The number of quaternary nitrogens is 1. The maximum Gasteiger partial charge on any atom is 0.460 e. The molecule has 264 valence electrons. The molecule has 0 saturated carbocycles. The number of alkyl halides is 19. The number of aliphatic carboxylic acids is 1. The van der Waals surface area contributed by atoms with E-state index in [4.69, 9.17) is 0 Å². The van der Waals surface area contributed by atoms with Crippen LogP contribution in [0.25, 0.3) is 0 Å². The molecule has 0 spiro atoms. The van der Waals surface area contributed by atoms with Crippen LogP contribution in [-0.2, 0) is 4.79 Å². The third-order valence-corrected chi connectivity index (χ3v) is 6.09. The average molecular weight is 700 g/mol. The molecular weight excluding hydrogens is 677 g/mol. The Labute approximate surface area is 234 Å². The van der Waals surface area contributed by atoms with Crippen molar-refractivity contribution in [2.24, 2.45) is 0 Å². The Morgan fingerprint density at radius 3 is 1.39 bits per heavy atom. The Hall–Kier alpha value is -1.98. The summed E-state index contributed by atoms with van der Waals surface area (Å²) in [6, 6.07) is 0. The maximum atomic E-state index is 14.0. The van der Waals surface area contributed by atoms with Crippen molar-refractivity contribution in [1.82, 2.24) is 5.32 Å². The van der Waals surface area contributed by atoms with Crippen molar-refractivity contribution >= 4 is 5.97 Å². The smallest absolute Gasteiger partial charge is 0.460 e. The molecule has 0 rings (SSSR count). The van der Waals surface area contributed by atoms with Gasteiger partial charge in [-0.2, -0.15) is 83.4 Å². The van der Waals surface area contributed by atoms with Crippen molar-refractivity contribution in [2.45, 2.75) is 78.9 Å². The number of nitrogens with zero attached hydrogens (tertiary/aromatic N) is 1. The first-order chi connectivity index (χ1) is 19.0. The third-order valence-electron chi connectivity index (χ3n) is 6.09. The molecule has 0 aromatic rings.